The number of aromatic nitrogens is 1. The van der Waals surface area contributed by atoms with Gasteiger partial charge in [0.15, 0.2) is 5.58 Å². The average molecular weight is 300 g/mol. The second-order valence-electron chi connectivity index (χ2n) is 4.66. The molecule has 0 saturated carbocycles. The maximum Gasteiger partial charge on any atom is 0.267 e. The summed E-state index contributed by atoms with van der Waals surface area (Å²) in [5.41, 5.74) is 1.94. The molecule has 0 aliphatic carbocycles. The number of carbonyl (C=O) groups excluding carboxylic acids is 1. The van der Waals surface area contributed by atoms with Gasteiger partial charge in [-0.05, 0) is 24.3 Å². The number of ether oxygens (including phenoxy) is 2. The van der Waals surface area contributed by atoms with Crippen molar-refractivity contribution < 1.29 is 18.7 Å². The summed E-state index contributed by atoms with van der Waals surface area (Å²) in [4.78, 5) is 14.9. The summed E-state index contributed by atoms with van der Waals surface area (Å²) < 4.78 is 15.8. The van der Waals surface area contributed by atoms with Gasteiger partial charge in [-0.3, -0.25) is 4.79 Å². The molecule has 2 aromatic heterocycles. The first-order chi connectivity index (χ1) is 10.8. The van der Waals surface area contributed by atoms with Gasteiger partial charge in [0, 0.05) is 12.1 Å². The molecule has 2 N–H and O–H groups in total. The zero-order valence-corrected chi connectivity index (χ0v) is 12.1. The summed E-state index contributed by atoms with van der Waals surface area (Å²) in [6.07, 6.45) is 1.57. The fraction of sp³-hybridized carbons (Fsp3) is 0.188. The van der Waals surface area contributed by atoms with Crippen LogP contribution < -0.4 is 14.8 Å². The molecule has 0 aliphatic heterocycles. The highest BCUT2D eigenvalue weighted by Gasteiger charge is 2.10. The number of carbonyl (C=O) groups is 1. The van der Waals surface area contributed by atoms with Crippen LogP contribution in [-0.4, -0.2) is 31.2 Å². The van der Waals surface area contributed by atoms with Crippen molar-refractivity contribution in [3.8, 4) is 11.5 Å². The summed E-state index contributed by atoms with van der Waals surface area (Å²) in [5.74, 6) is 1.31. The van der Waals surface area contributed by atoms with Crippen LogP contribution in [0.4, 0.5) is 0 Å². The minimum atomic E-state index is -0.190. The fourth-order valence-corrected chi connectivity index (χ4v) is 2.07. The molecule has 2 heterocycles. The molecule has 114 valence electrons. The first kappa shape index (κ1) is 14.1. The number of fused-ring (bicyclic) bond motifs is 1. The molecule has 0 aliphatic rings. The summed E-state index contributed by atoms with van der Waals surface area (Å²) >= 11 is 0. The number of nitrogens with one attached hydrogen (secondary N) is 2. The van der Waals surface area contributed by atoms with Gasteiger partial charge in [-0.1, -0.05) is 0 Å². The third-order valence-corrected chi connectivity index (χ3v) is 3.20. The van der Waals surface area contributed by atoms with Gasteiger partial charge >= 0.3 is 0 Å². The monoisotopic (exact) mass is 300 g/mol. The van der Waals surface area contributed by atoms with Crippen molar-refractivity contribution in [3.05, 3.63) is 48.4 Å². The first-order valence-corrected chi connectivity index (χ1v) is 6.87. The Kier molecular flexibility index (Phi) is 4.00. The van der Waals surface area contributed by atoms with E-state index in [1.807, 2.05) is 24.3 Å². The van der Waals surface area contributed by atoms with Crippen molar-refractivity contribution in [2.75, 3.05) is 20.3 Å². The molecule has 0 bridgehead atoms. The normalized spacial score (nSPS) is 10.6. The molecule has 0 atom stereocenters. The first-order valence-electron chi connectivity index (χ1n) is 6.87. The Balaban J connectivity index is 1.46. The van der Waals surface area contributed by atoms with Gasteiger partial charge in [0.25, 0.3) is 5.91 Å². The molecular formula is C16H16N2O4. The van der Waals surface area contributed by atoms with Crippen LogP contribution in [0.5, 0.6) is 11.5 Å². The molecule has 6 nitrogen and oxygen atoms in total. The fourth-order valence-electron chi connectivity index (χ4n) is 2.07. The number of hydrogen-bond donors (Lipinski definition) is 2. The molecule has 0 radical (unpaired) electrons. The molecule has 0 fully saturated rings. The predicted molar refractivity (Wildman–Crippen MR) is 81.4 cm³/mol. The van der Waals surface area contributed by atoms with Gasteiger partial charge in [-0.15, -0.1) is 0 Å². The molecule has 22 heavy (non-hydrogen) atoms. The van der Waals surface area contributed by atoms with Crippen LogP contribution in [0.3, 0.4) is 0 Å². The van der Waals surface area contributed by atoms with Crippen LogP contribution in [0, 0.1) is 0 Å². The van der Waals surface area contributed by atoms with E-state index in [2.05, 4.69) is 10.3 Å². The zero-order chi connectivity index (χ0) is 15.4. The summed E-state index contributed by atoms with van der Waals surface area (Å²) in [5, 5.41) is 2.78. The average Bonchev–Trinajstić information content (AvgIpc) is 3.13. The Morgan fingerprint density at radius 2 is 2.00 bits per heavy atom. The number of rotatable bonds is 6. The molecule has 6 heteroatoms. The highest BCUT2D eigenvalue weighted by Crippen LogP contribution is 2.17. The Labute approximate surface area is 127 Å². The molecule has 1 aromatic carbocycles. The highest BCUT2D eigenvalue weighted by atomic mass is 16.5. The molecule has 0 unspecified atom stereocenters. The van der Waals surface area contributed by atoms with Crippen molar-refractivity contribution in [1.29, 1.82) is 0 Å². The molecule has 0 spiro atoms. The summed E-state index contributed by atoms with van der Waals surface area (Å²) in [7, 11) is 1.61. The SMILES string of the molecule is COc1ccc(OCCNC(=O)c2cc3occc3[nH]2)cc1. The van der Waals surface area contributed by atoms with E-state index >= 15 is 0 Å². The minimum absolute atomic E-state index is 0.190. The quantitative estimate of drug-likeness (QED) is 0.686. The third kappa shape index (κ3) is 3.06. The van der Waals surface area contributed by atoms with Crippen molar-refractivity contribution in [2.45, 2.75) is 0 Å². The van der Waals surface area contributed by atoms with E-state index in [4.69, 9.17) is 13.9 Å². The maximum absolute atomic E-state index is 12.0. The highest BCUT2D eigenvalue weighted by molar-refractivity contribution is 5.96. The van der Waals surface area contributed by atoms with Crippen LogP contribution in [0.1, 0.15) is 10.5 Å². The smallest absolute Gasteiger partial charge is 0.267 e. The number of benzene rings is 1. The summed E-state index contributed by atoms with van der Waals surface area (Å²) in [6, 6.07) is 10.7. The van der Waals surface area contributed by atoms with E-state index < -0.39 is 0 Å². The van der Waals surface area contributed by atoms with E-state index in [-0.39, 0.29) is 5.91 Å². The van der Waals surface area contributed by atoms with Crippen molar-refractivity contribution in [2.24, 2.45) is 0 Å². The summed E-state index contributed by atoms with van der Waals surface area (Å²) in [6.45, 7) is 0.792. The predicted octanol–water partition coefficient (Wildman–Crippen LogP) is 2.58. The van der Waals surface area contributed by atoms with Crippen LogP contribution in [0.2, 0.25) is 0 Å². The van der Waals surface area contributed by atoms with Gasteiger partial charge in [0.2, 0.25) is 0 Å². The molecule has 3 aromatic rings. The van der Waals surface area contributed by atoms with Crippen molar-refractivity contribution >= 4 is 17.0 Å². The topological polar surface area (TPSA) is 76.5 Å². The van der Waals surface area contributed by atoms with Gasteiger partial charge in [-0.2, -0.15) is 0 Å². The van der Waals surface area contributed by atoms with E-state index in [1.165, 1.54) is 0 Å². The standard InChI is InChI=1S/C16H16N2O4/c1-20-11-2-4-12(5-3-11)21-9-7-17-16(19)14-10-15-13(18-14)6-8-22-15/h2-6,8,10,18H,7,9H2,1H3,(H,17,19). The van der Waals surface area contributed by atoms with Gasteiger partial charge in [-0.25, -0.2) is 0 Å². The van der Waals surface area contributed by atoms with Crippen LogP contribution in [0.25, 0.3) is 11.1 Å². The number of furan rings is 1. The largest absolute Gasteiger partial charge is 0.497 e. The van der Waals surface area contributed by atoms with Crippen LogP contribution in [0.15, 0.2) is 47.1 Å². The number of amides is 1. The number of H-pyrrole nitrogens is 1. The van der Waals surface area contributed by atoms with Crippen LogP contribution in [-0.2, 0) is 0 Å². The molecular weight excluding hydrogens is 284 g/mol. The van der Waals surface area contributed by atoms with Gasteiger partial charge < -0.3 is 24.2 Å². The maximum atomic E-state index is 12.0. The van der Waals surface area contributed by atoms with Crippen molar-refractivity contribution in [3.63, 3.8) is 0 Å². The second kappa shape index (κ2) is 6.26. The zero-order valence-electron chi connectivity index (χ0n) is 12.1. The number of methoxy groups -OCH3 is 1. The number of hydrogen-bond acceptors (Lipinski definition) is 4. The van der Waals surface area contributed by atoms with E-state index in [0.717, 1.165) is 17.0 Å². The Bertz CT molecular complexity index is 729. The third-order valence-electron chi connectivity index (χ3n) is 3.20. The van der Waals surface area contributed by atoms with E-state index in [9.17, 15) is 4.79 Å². The number of aromatic amines is 1. The lowest BCUT2D eigenvalue weighted by atomic mass is 10.3. The molecule has 3 rings (SSSR count). The molecule has 1 amide bonds. The Morgan fingerprint density at radius 1 is 1.23 bits per heavy atom. The Morgan fingerprint density at radius 3 is 2.73 bits per heavy atom. The van der Waals surface area contributed by atoms with E-state index in [0.29, 0.717) is 24.4 Å². The second-order valence-corrected chi connectivity index (χ2v) is 4.66. The minimum Gasteiger partial charge on any atom is -0.497 e. The van der Waals surface area contributed by atoms with Crippen molar-refractivity contribution in [1.82, 2.24) is 10.3 Å². The Hall–Kier alpha value is -2.89. The molecule has 0 saturated heterocycles. The van der Waals surface area contributed by atoms with Gasteiger partial charge in [0.1, 0.15) is 23.8 Å². The lowest BCUT2D eigenvalue weighted by molar-refractivity contribution is 0.0943. The lowest BCUT2D eigenvalue weighted by Crippen LogP contribution is -2.28. The lowest BCUT2D eigenvalue weighted by Gasteiger charge is -2.07. The van der Waals surface area contributed by atoms with Gasteiger partial charge in [0.05, 0.1) is 25.4 Å². The van der Waals surface area contributed by atoms with Crippen LogP contribution >= 0.6 is 0 Å². The van der Waals surface area contributed by atoms with E-state index in [1.54, 1.807) is 25.5 Å².